The van der Waals surface area contributed by atoms with Gasteiger partial charge in [0.2, 0.25) is 0 Å². The van der Waals surface area contributed by atoms with Gasteiger partial charge < -0.3 is 0 Å². The van der Waals surface area contributed by atoms with Gasteiger partial charge in [-0.1, -0.05) is 30.3 Å². The summed E-state index contributed by atoms with van der Waals surface area (Å²) >= 11 is 0. The van der Waals surface area contributed by atoms with E-state index in [0.717, 1.165) is 22.9 Å². The summed E-state index contributed by atoms with van der Waals surface area (Å²) in [5.41, 5.74) is 0.275. The number of hydrogen-bond donors (Lipinski definition) is 1. The van der Waals surface area contributed by atoms with E-state index in [4.69, 9.17) is 0 Å². The van der Waals surface area contributed by atoms with Gasteiger partial charge in [0.25, 0.3) is 15.7 Å². The average Bonchev–Trinajstić information content (AvgIpc) is 2.54. The van der Waals surface area contributed by atoms with Crippen LogP contribution in [0, 0.1) is 10.1 Å². The van der Waals surface area contributed by atoms with E-state index in [0.29, 0.717) is 5.69 Å². The molecule has 0 aliphatic carbocycles. The minimum atomic E-state index is -3.80. The van der Waals surface area contributed by atoms with Crippen LogP contribution < -0.4 is 4.72 Å². The van der Waals surface area contributed by atoms with Crippen molar-refractivity contribution < 1.29 is 13.3 Å². The van der Waals surface area contributed by atoms with E-state index < -0.39 is 14.9 Å². The third-order valence-electron chi connectivity index (χ3n) is 3.36. The van der Waals surface area contributed by atoms with E-state index in [2.05, 4.69) is 4.72 Å². The molecule has 3 aromatic rings. The Kier molecular flexibility index (Phi) is 3.71. The highest BCUT2D eigenvalue weighted by Gasteiger charge is 2.16. The molecule has 1 N–H and O–H groups in total. The first-order valence-corrected chi connectivity index (χ1v) is 8.20. The molecular weight excluding hydrogens is 316 g/mol. The van der Waals surface area contributed by atoms with Crippen molar-refractivity contribution in [3.05, 3.63) is 76.8 Å². The number of nitrogens with zero attached hydrogens (tertiary/aromatic N) is 1. The molecule has 7 heteroatoms. The second kappa shape index (κ2) is 5.69. The molecule has 3 rings (SSSR count). The zero-order chi connectivity index (χ0) is 16.4. The number of benzene rings is 3. The summed E-state index contributed by atoms with van der Waals surface area (Å²) in [6.45, 7) is 0. The zero-order valence-corrected chi connectivity index (χ0v) is 12.7. The lowest BCUT2D eigenvalue weighted by atomic mass is 10.1. The number of rotatable bonds is 4. The van der Waals surface area contributed by atoms with Gasteiger partial charge in [-0.2, -0.15) is 0 Å². The molecule has 0 saturated heterocycles. The highest BCUT2D eigenvalue weighted by molar-refractivity contribution is 7.92. The molecule has 0 aromatic heterocycles. The maximum atomic E-state index is 12.3. The number of sulfonamides is 1. The molecule has 6 nitrogen and oxygen atoms in total. The highest BCUT2D eigenvalue weighted by Crippen LogP contribution is 2.22. The van der Waals surface area contributed by atoms with Crippen LogP contribution in [0.1, 0.15) is 0 Å². The van der Waals surface area contributed by atoms with Crippen molar-refractivity contribution in [1.82, 2.24) is 0 Å². The summed E-state index contributed by atoms with van der Waals surface area (Å²) < 4.78 is 27.2. The zero-order valence-electron chi connectivity index (χ0n) is 11.8. The van der Waals surface area contributed by atoms with E-state index in [9.17, 15) is 18.5 Å². The number of nitro benzene ring substituents is 1. The number of nitrogens with one attached hydrogen (secondary N) is 1. The van der Waals surface area contributed by atoms with Gasteiger partial charge >= 0.3 is 0 Å². The van der Waals surface area contributed by atoms with Gasteiger partial charge in [0.1, 0.15) is 0 Å². The fourth-order valence-corrected chi connectivity index (χ4v) is 3.26. The summed E-state index contributed by atoms with van der Waals surface area (Å²) in [4.78, 5) is 10.0. The number of fused-ring (bicyclic) bond motifs is 1. The minimum absolute atomic E-state index is 0.0312. The van der Waals surface area contributed by atoms with E-state index in [1.54, 1.807) is 12.1 Å². The third-order valence-corrected chi connectivity index (χ3v) is 4.76. The molecule has 0 spiro atoms. The normalized spacial score (nSPS) is 11.3. The van der Waals surface area contributed by atoms with Gasteiger partial charge in [0, 0.05) is 17.8 Å². The highest BCUT2D eigenvalue weighted by atomic mass is 32.2. The van der Waals surface area contributed by atoms with Crippen molar-refractivity contribution in [3.8, 4) is 0 Å². The first kappa shape index (κ1) is 15.0. The summed E-state index contributed by atoms with van der Waals surface area (Å²) in [6, 6.07) is 17.6. The van der Waals surface area contributed by atoms with Gasteiger partial charge in [-0.25, -0.2) is 8.42 Å². The van der Waals surface area contributed by atoms with Crippen molar-refractivity contribution >= 4 is 32.2 Å². The Bertz CT molecular complexity index is 982. The van der Waals surface area contributed by atoms with Gasteiger partial charge in [0.05, 0.1) is 9.82 Å². The van der Waals surface area contributed by atoms with Gasteiger partial charge in [-0.3, -0.25) is 14.8 Å². The standard InChI is InChI=1S/C16H12N2O4S/c19-18(20)15-7-9-16(10-8-15)23(21,22)17-14-6-5-12-3-1-2-4-13(12)11-14/h1-11,17H. The number of nitro groups is 1. The summed E-state index contributed by atoms with van der Waals surface area (Å²) in [7, 11) is -3.80. The van der Waals surface area contributed by atoms with Gasteiger partial charge in [0.15, 0.2) is 0 Å². The molecule has 3 aromatic carbocycles. The van der Waals surface area contributed by atoms with Crippen LogP contribution in [-0.4, -0.2) is 13.3 Å². The lowest BCUT2D eigenvalue weighted by Crippen LogP contribution is -2.12. The third kappa shape index (κ3) is 3.14. The average molecular weight is 328 g/mol. The molecule has 0 atom stereocenters. The number of hydrogen-bond acceptors (Lipinski definition) is 4. The predicted octanol–water partition coefficient (Wildman–Crippen LogP) is 3.55. The Morgan fingerprint density at radius 2 is 1.52 bits per heavy atom. The van der Waals surface area contributed by atoms with Gasteiger partial charge in [-0.05, 0) is 35.0 Å². The molecule has 23 heavy (non-hydrogen) atoms. The van der Waals surface area contributed by atoms with Crippen LogP contribution >= 0.6 is 0 Å². The van der Waals surface area contributed by atoms with E-state index in [1.807, 2.05) is 30.3 Å². The Balaban J connectivity index is 1.91. The first-order chi connectivity index (χ1) is 11.0. The largest absolute Gasteiger partial charge is 0.280 e. The molecule has 0 aliphatic heterocycles. The van der Waals surface area contributed by atoms with Crippen molar-refractivity contribution in [1.29, 1.82) is 0 Å². The maximum absolute atomic E-state index is 12.3. The summed E-state index contributed by atoms with van der Waals surface area (Å²) in [6.07, 6.45) is 0. The molecule has 0 radical (unpaired) electrons. The van der Waals surface area contributed by atoms with Crippen LogP contribution in [0.25, 0.3) is 10.8 Å². The Morgan fingerprint density at radius 3 is 2.17 bits per heavy atom. The van der Waals surface area contributed by atoms with Crippen molar-refractivity contribution in [2.75, 3.05) is 4.72 Å². The second-order valence-corrected chi connectivity index (χ2v) is 6.60. The van der Waals surface area contributed by atoms with Crippen molar-refractivity contribution in [2.24, 2.45) is 0 Å². The predicted molar refractivity (Wildman–Crippen MR) is 87.9 cm³/mol. The Morgan fingerprint density at radius 1 is 0.870 bits per heavy atom. The molecule has 0 aliphatic rings. The quantitative estimate of drug-likeness (QED) is 0.586. The topological polar surface area (TPSA) is 89.3 Å². The van der Waals surface area contributed by atoms with Crippen LogP contribution in [0.4, 0.5) is 11.4 Å². The minimum Gasteiger partial charge on any atom is -0.280 e. The van der Waals surface area contributed by atoms with Crippen LogP contribution in [-0.2, 0) is 10.0 Å². The molecule has 116 valence electrons. The Hall–Kier alpha value is -2.93. The van der Waals surface area contributed by atoms with Crippen LogP contribution in [0.2, 0.25) is 0 Å². The lowest BCUT2D eigenvalue weighted by molar-refractivity contribution is -0.384. The van der Waals surface area contributed by atoms with Crippen LogP contribution in [0.5, 0.6) is 0 Å². The van der Waals surface area contributed by atoms with Crippen molar-refractivity contribution in [3.63, 3.8) is 0 Å². The monoisotopic (exact) mass is 328 g/mol. The van der Waals surface area contributed by atoms with E-state index >= 15 is 0 Å². The van der Waals surface area contributed by atoms with Crippen LogP contribution in [0.15, 0.2) is 71.6 Å². The second-order valence-electron chi connectivity index (χ2n) is 4.92. The smallest absolute Gasteiger partial charge is 0.269 e. The van der Waals surface area contributed by atoms with E-state index in [-0.39, 0.29) is 10.6 Å². The fraction of sp³-hybridized carbons (Fsp3) is 0. The number of anilines is 1. The molecule has 0 saturated carbocycles. The number of non-ortho nitro benzene ring substituents is 1. The molecular formula is C16H12N2O4S. The molecule has 0 heterocycles. The van der Waals surface area contributed by atoms with Gasteiger partial charge in [-0.15, -0.1) is 0 Å². The lowest BCUT2D eigenvalue weighted by Gasteiger charge is -2.09. The fourth-order valence-electron chi connectivity index (χ4n) is 2.21. The summed E-state index contributed by atoms with van der Waals surface area (Å²) in [5.74, 6) is 0. The van der Waals surface area contributed by atoms with Crippen LogP contribution in [0.3, 0.4) is 0 Å². The Labute approximate surface area is 132 Å². The first-order valence-electron chi connectivity index (χ1n) is 6.72. The molecule has 0 amide bonds. The summed E-state index contributed by atoms with van der Waals surface area (Å²) in [5, 5.41) is 12.5. The molecule has 0 unspecified atom stereocenters. The molecule has 0 bridgehead atoms. The van der Waals surface area contributed by atoms with E-state index in [1.165, 1.54) is 12.1 Å². The van der Waals surface area contributed by atoms with Crippen molar-refractivity contribution in [2.45, 2.75) is 4.90 Å². The molecule has 0 fully saturated rings. The SMILES string of the molecule is O=[N+]([O-])c1ccc(S(=O)(=O)Nc2ccc3ccccc3c2)cc1. The maximum Gasteiger partial charge on any atom is 0.269 e.